The fraction of sp³-hybridized carbons (Fsp3) is 0.533. The summed E-state index contributed by atoms with van der Waals surface area (Å²) >= 11 is 0. The number of pyridine rings is 1. The highest BCUT2D eigenvalue weighted by Crippen LogP contribution is 2.41. The zero-order chi connectivity index (χ0) is 13.5. The van der Waals surface area contributed by atoms with Crippen molar-refractivity contribution in [1.82, 2.24) is 15.1 Å². The Labute approximate surface area is 118 Å². The number of hydrogen-bond acceptors (Lipinski definition) is 5. The molecule has 2 atom stereocenters. The first-order valence-electron chi connectivity index (χ1n) is 7.32. The van der Waals surface area contributed by atoms with Crippen molar-refractivity contribution in [2.24, 2.45) is 11.8 Å². The number of hydrogen-bond donors (Lipinski definition) is 0. The Kier molecular flexibility index (Phi) is 2.72. The lowest BCUT2D eigenvalue weighted by molar-refractivity contribution is 0.425. The fourth-order valence-electron chi connectivity index (χ4n) is 3.63. The number of aromatic nitrogens is 3. The lowest BCUT2D eigenvalue weighted by Crippen LogP contribution is -2.22. The molecule has 5 nitrogen and oxygen atoms in total. The largest absolute Gasteiger partial charge is 0.355 e. The molecule has 0 radical (unpaired) electrons. The van der Waals surface area contributed by atoms with Gasteiger partial charge < -0.3 is 9.42 Å². The van der Waals surface area contributed by atoms with Crippen LogP contribution in [0, 0.1) is 18.8 Å². The van der Waals surface area contributed by atoms with E-state index in [1.165, 1.54) is 19.3 Å². The van der Waals surface area contributed by atoms with Crippen LogP contribution in [-0.4, -0.2) is 28.2 Å². The summed E-state index contributed by atoms with van der Waals surface area (Å²) in [6, 6.07) is 3.94. The van der Waals surface area contributed by atoms with Crippen molar-refractivity contribution in [2.45, 2.75) is 26.2 Å². The Bertz CT molecular complexity index is 612. The van der Waals surface area contributed by atoms with Crippen LogP contribution in [0.25, 0.3) is 11.5 Å². The van der Waals surface area contributed by atoms with Gasteiger partial charge in [0.05, 0.1) is 5.56 Å². The molecular formula is C15H18N4O. The molecule has 20 heavy (non-hydrogen) atoms. The van der Waals surface area contributed by atoms with Gasteiger partial charge in [0.25, 0.3) is 5.89 Å². The van der Waals surface area contributed by atoms with Gasteiger partial charge in [-0.3, -0.25) is 0 Å². The predicted molar refractivity (Wildman–Crippen MR) is 75.3 cm³/mol. The third-order valence-corrected chi connectivity index (χ3v) is 4.57. The highest BCUT2D eigenvalue weighted by molar-refractivity contribution is 5.70. The molecule has 2 unspecified atom stereocenters. The van der Waals surface area contributed by atoms with E-state index in [-0.39, 0.29) is 0 Å². The fourth-order valence-corrected chi connectivity index (χ4v) is 3.63. The smallest absolute Gasteiger partial charge is 0.261 e. The molecule has 0 spiro atoms. The van der Waals surface area contributed by atoms with Crippen LogP contribution >= 0.6 is 0 Å². The van der Waals surface area contributed by atoms with Crippen LogP contribution in [0.1, 0.15) is 25.1 Å². The average molecular weight is 270 g/mol. The second-order valence-electron chi connectivity index (χ2n) is 5.88. The molecule has 0 aromatic carbocycles. The average Bonchev–Trinajstić information content (AvgIpc) is 3.13. The Hall–Kier alpha value is -1.91. The van der Waals surface area contributed by atoms with Crippen molar-refractivity contribution in [1.29, 1.82) is 0 Å². The van der Waals surface area contributed by atoms with E-state index >= 15 is 0 Å². The van der Waals surface area contributed by atoms with Crippen LogP contribution in [0.4, 0.5) is 5.82 Å². The van der Waals surface area contributed by atoms with Gasteiger partial charge in [-0.1, -0.05) is 11.6 Å². The topological polar surface area (TPSA) is 55.1 Å². The lowest BCUT2D eigenvalue weighted by atomic mass is 10.0. The molecule has 0 amide bonds. The molecule has 2 fully saturated rings. The molecule has 4 rings (SSSR count). The quantitative estimate of drug-likeness (QED) is 0.839. The van der Waals surface area contributed by atoms with Gasteiger partial charge in [-0.15, -0.1) is 0 Å². The lowest BCUT2D eigenvalue weighted by Gasteiger charge is -2.20. The first-order chi connectivity index (χ1) is 9.81. The van der Waals surface area contributed by atoms with E-state index in [9.17, 15) is 0 Å². The maximum absolute atomic E-state index is 5.32. The van der Waals surface area contributed by atoms with Gasteiger partial charge in [-0.05, 0) is 43.7 Å². The van der Waals surface area contributed by atoms with Crippen LogP contribution in [0.2, 0.25) is 0 Å². The molecule has 0 N–H and O–H groups in total. The number of anilines is 1. The molecule has 3 heterocycles. The van der Waals surface area contributed by atoms with Crippen molar-refractivity contribution in [3.63, 3.8) is 0 Å². The van der Waals surface area contributed by atoms with Crippen molar-refractivity contribution < 1.29 is 4.52 Å². The van der Waals surface area contributed by atoms with Crippen LogP contribution in [0.15, 0.2) is 22.9 Å². The highest BCUT2D eigenvalue weighted by Gasteiger charge is 2.37. The first-order valence-corrected chi connectivity index (χ1v) is 7.32. The molecule has 5 heteroatoms. The third-order valence-electron chi connectivity index (χ3n) is 4.57. The molecule has 1 saturated heterocycles. The van der Waals surface area contributed by atoms with E-state index in [4.69, 9.17) is 4.52 Å². The molecular weight excluding hydrogens is 252 g/mol. The van der Waals surface area contributed by atoms with Gasteiger partial charge in [0.2, 0.25) is 0 Å². The minimum atomic E-state index is 0.572. The summed E-state index contributed by atoms with van der Waals surface area (Å²) < 4.78 is 5.32. The number of rotatable bonds is 2. The molecule has 1 saturated carbocycles. The second kappa shape index (κ2) is 4.58. The van der Waals surface area contributed by atoms with E-state index in [0.29, 0.717) is 11.7 Å². The van der Waals surface area contributed by atoms with Gasteiger partial charge in [-0.2, -0.15) is 4.98 Å². The Morgan fingerprint density at radius 1 is 1.25 bits per heavy atom. The number of fused-ring (bicyclic) bond motifs is 1. The van der Waals surface area contributed by atoms with Gasteiger partial charge >= 0.3 is 0 Å². The minimum absolute atomic E-state index is 0.572. The Balaban J connectivity index is 1.69. The van der Waals surface area contributed by atoms with Gasteiger partial charge in [0.15, 0.2) is 5.82 Å². The van der Waals surface area contributed by atoms with Gasteiger partial charge in [0.1, 0.15) is 5.82 Å². The molecule has 2 aromatic heterocycles. The maximum atomic E-state index is 5.32. The van der Waals surface area contributed by atoms with Gasteiger partial charge in [-0.25, -0.2) is 4.98 Å². The summed E-state index contributed by atoms with van der Waals surface area (Å²) in [6.07, 6.45) is 5.96. The van der Waals surface area contributed by atoms with Crippen LogP contribution in [0.5, 0.6) is 0 Å². The number of aryl methyl sites for hydroxylation is 1. The second-order valence-corrected chi connectivity index (χ2v) is 5.88. The van der Waals surface area contributed by atoms with E-state index < -0.39 is 0 Å². The van der Waals surface area contributed by atoms with Crippen LogP contribution in [-0.2, 0) is 0 Å². The third kappa shape index (κ3) is 1.88. The first kappa shape index (κ1) is 11.9. The van der Waals surface area contributed by atoms with Crippen LogP contribution < -0.4 is 4.90 Å². The highest BCUT2D eigenvalue weighted by atomic mass is 16.5. The Morgan fingerprint density at radius 3 is 2.75 bits per heavy atom. The predicted octanol–water partition coefficient (Wildman–Crippen LogP) is 2.68. The molecule has 104 valence electrons. The molecule has 2 aromatic rings. The van der Waals surface area contributed by atoms with E-state index in [1.54, 1.807) is 0 Å². The normalized spacial score (nSPS) is 25.1. The summed E-state index contributed by atoms with van der Waals surface area (Å²) in [4.78, 5) is 11.3. The Morgan fingerprint density at radius 2 is 2.05 bits per heavy atom. The van der Waals surface area contributed by atoms with Crippen molar-refractivity contribution in [2.75, 3.05) is 18.0 Å². The van der Waals surface area contributed by atoms with Crippen molar-refractivity contribution in [3.05, 3.63) is 24.2 Å². The molecule has 0 bridgehead atoms. The molecule has 1 aliphatic carbocycles. The minimum Gasteiger partial charge on any atom is -0.355 e. The van der Waals surface area contributed by atoms with Crippen molar-refractivity contribution in [3.8, 4) is 11.5 Å². The molecule has 1 aliphatic heterocycles. The number of nitrogens with zero attached hydrogens (tertiary/aromatic N) is 4. The molecule has 2 aliphatic rings. The summed E-state index contributed by atoms with van der Waals surface area (Å²) in [6.45, 7) is 4.06. The van der Waals surface area contributed by atoms with E-state index in [1.807, 2.05) is 25.3 Å². The SMILES string of the molecule is Cc1noc(-c2cccnc2N2CC3CCCC3C2)n1. The maximum Gasteiger partial charge on any atom is 0.261 e. The van der Waals surface area contributed by atoms with E-state index in [2.05, 4.69) is 20.0 Å². The monoisotopic (exact) mass is 270 g/mol. The summed E-state index contributed by atoms with van der Waals surface area (Å²) in [5.41, 5.74) is 0.952. The standard InChI is InChI=1S/C15H18N4O/c1-10-17-15(20-18-10)13-6-3-7-16-14(13)19-8-11-4-2-5-12(11)9-19/h3,6-7,11-12H,2,4-5,8-9H2,1H3. The summed E-state index contributed by atoms with van der Waals surface area (Å²) in [5, 5.41) is 3.89. The zero-order valence-electron chi connectivity index (χ0n) is 11.6. The van der Waals surface area contributed by atoms with E-state index in [0.717, 1.165) is 36.3 Å². The summed E-state index contributed by atoms with van der Waals surface area (Å²) in [7, 11) is 0. The van der Waals surface area contributed by atoms with Crippen LogP contribution in [0.3, 0.4) is 0 Å². The van der Waals surface area contributed by atoms with Crippen molar-refractivity contribution >= 4 is 5.82 Å². The van der Waals surface area contributed by atoms with Gasteiger partial charge in [0, 0.05) is 19.3 Å². The zero-order valence-corrected chi connectivity index (χ0v) is 11.6. The summed E-state index contributed by atoms with van der Waals surface area (Å²) in [5.74, 6) is 3.91.